The highest BCUT2D eigenvalue weighted by Crippen LogP contribution is 2.32. The van der Waals surface area contributed by atoms with Crippen LogP contribution in [0.3, 0.4) is 0 Å². The number of hydrogen-bond donors (Lipinski definition) is 0. The number of para-hydroxylation sites is 1. The second-order valence-corrected chi connectivity index (χ2v) is 11.1. The predicted octanol–water partition coefficient (Wildman–Crippen LogP) is 4.98. The molecule has 0 saturated heterocycles. The van der Waals surface area contributed by atoms with Gasteiger partial charge >= 0.3 is 5.97 Å². The Labute approximate surface area is 246 Å². The number of fused-ring (bicyclic) bond motifs is 2. The monoisotopic (exact) mass is 572 g/mol. The van der Waals surface area contributed by atoms with Crippen molar-refractivity contribution in [1.82, 2.24) is 9.13 Å². The molecular formula is C34H28N4O3S. The van der Waals surface area contributed by atoms with E-state index in [0.29, 0.717) is 39.1 Å². The molecule has 0 amide bonds. The molecule has 0 saturated carbocycles. The molecule has 0 radical (unpaired) electrons. The number of ether oxygens (including phenoxy) is 1. The fraction of sp³-hybridized carbons (Fsp3) is 0.176. The van der Waals surface area contributed by atoms with Gasteiger partial charge in [0.1, 0.15) is 0 Å². The van der Waals surface area contributed by atoms with Gasteiger partial charge in [-0.25, -0.2) is 9.79 Å². The number of thiazole rings is 1. The number of methoxy groups -OCH3 is 1. The predicted molar refractivity (Wildman–Crippen MR) is 164 cm³/mol. The van der Waals surface area contributed by atoms with Crippen LogP contribution in [0, 0.1) is 18.3 Å². The lowest BCUT2D eigenvalue weighted by molar-refractivity contribution is -0.136. The maximum atomic E-state index is 14.1. The van der Waals surface area contributed by atoms with Crippen molar-refractivity contribution >= 4 is 34.3 Å². The Bertz CT molecular complexity index is 2090. The Hall–Kier alpha value is -5.00. The molecule has 2 aromatic heterocycles. The summed E-state index contributed by atoms with van der Waals surface area (Å²) in [6, 6.07) is 26.8. The molecule has 7 nitrogen and oxygen atoms in total. The highest BCUT2D eigenvalue weighted by atomic mass is 32.1. The Morgan fingerprint density at radius 1 is 1.07 bits per heavy atom. The molecular weight excluding hydrogens is 544 g/mol. The Balaban J connectivity index is 1.55. The number of benzene rings is 3. The number of aromatic nitrogens is 2. The van der Waals surface area contributed by atoms with Crippen LogP contribution in [-0.2, 0) is 16.1 Å². The molecule has 42 heavy (non-hydrogen) atoms. The van der Waals surface area contributed by atoms with Gasteiger partial charge in [0.25, 0.3) is 5.56 Å². The topological polar surface area (TPSA) is 89.4 Å². The molecule has 0 fully saturated rings. The van der Waals surface area contributed by atoms with Gasteiger partial charge in [-0.05, 0) is 48.7 Å². The number of rotatable bonds is 6. The van der Waals surface area contributed by atoms with Crippen molar-refractivity contribution in [2.45, 2.75) is 32.9 Å². The zero-order valence-corrected chi connectivity index (χ0v) is 24.3. The van der Waals surface area contributed by atoms with E-state index in [0.717, 1.165) is 33.3 Å². The maximum absolute atomic E-state index is 14.1. The van der Waals surface area contributed by atoms with Gasteiger partial charge < -0.3 is 9.30 Å². The number of carbonyl (C=O) groups excluding carboxylic acids is 1. The summed E-state index contributed by atoms with van der Waals surface area (Å²) in [5.41, 5.74) is 6.38. The first-order valence-electron chi connectivity index (χ1n) is 13.7. The molecule has 6 rings (SSSR count). The Morgan fingerprint density at radius 3 is 2.48 bits per heavy atom. The molecule has 8 heteroatoms. The number of esters is 1. The highest BCUT2D eigenvalue weighted by molar-refractivity contribution is 7.07. The van der Waals surface area contributed by atoms with Crippen LogP contribution < -0.4 is 14.9 Å². The number of nitrogens with zero attached hydrogens (tertiary/aromatic N) is 4. The van der Waals surface area contributed by atoms with Crippen molar-refractivity contribution in [3.05, 3.63) is 138 Å². The van der Waals surface area contributed by atoms with E-state index in [-0.39, 0.29) is 5.56 Å². The van der Waals surface area contributed by atoms with E-state index in [1.807, 2.05) is 79.7 Å². The summed E-state index contributed by atoms with van der Waals surface area (Å²) in [5.74, 6) is -0.486. The number of hydrogen-bond acceptors (Lipinski definition) is 6. The maximum Gasteiger partial charge on any atom is 0.338 e. The summed E-state index contributed by atoms with van der Waals surface area (Å²) in [5, 5.41) is 10.2. The van der Waals surface area contributed by atoms with Crippen molar-refractivity contribution in [2.75, 3.05) is 7.11 Å². The van der Waals surface area contributed by atoms with E-state index in [2.05, 4.69) is 29.7 Å². The number of carbonyl (C=O) groups is 1. The average Bonchev–Trinajstić information content (AvgIpc) is 3.49. The molecule has 3 aromatic carbocycles. The SMILES string of the molecule is CCC1=C(C(=O)OC)[C@H](c2ccccc2)n2c(s/c(=C/c3c(C)n(Cc4ccc(C#N)cc4)c4ccccc34)c2=O)=N1. The lowest BCUT2D eigenvalue weighted by Gasteiger charge is -2.25. The van der Waals surface area contributed by atoms with E-state index in [1.165, 1.54) is 18.4 Å². The summed E-state index contributed by atoms with van der Waals surface area (Å²) < 4.78 is 9.57. The molecule has 0 N–H and O–H groups in total. The first kappa shape index (κ1) is 27.2. The number of allylic oxidation sites excluding steroid dienone is 1. The normalized spacial score (nSPS) is 14.9. The fourth-order valence-electron chi connectivity index (χ4n) is 5.66. The van der Waals surface area contributed by atoms with Crippen LogP contribution in [0.2, 0.25) is 0 Å². The van der Waals surface area contributed by atoms with Crippen LogP contribution in [0.1, 0.15) is 47.3 Å². The quantitative estimate of drug-likeness (QED) is 0.269. The standard InChI is InChI=1S/C34H28N4O3S/c1-4-27-30(33(40)41-3)31(24-10-6-5-7-11-24)38-32(39)29(42-34(38)36-27)18-26-21(2)37(28-13-9-8-12-25(26)28)20-23-16-14-22(19-35)15-17-23/h5-18,31H,4,20H2,1-3H3/b29-18+/t31-/m0/s1. The number of nitriles is 1. The minimum Gasteiger partial charge on any atom is -0.466 e. The van der Waals surface area contributed by atoms with Crippen LogP contribution in [-0.4, -0.2) is 22.2 Å². The van der Waals surface area contributed by atoms with E-state index in [1.54, 1.807) is 4.57 Å². The summed E-state index contributed by atoms with van der Waals surface area (Å²) >= 11 is 1.33. The largest absolute Gasteiger partial charge is 0.466 e. The van der Waals surface area contributed by atoms with Gasteiger partial charge in [-0.1, -0.05) is 78.9 Å². The lowest BCUT2D eigenvalue weighted by atomic mass is 9.95. The molecule has 208 valence electrons. The molecule has 5 aromatic rings. The van der Waals surface area contributed by atoms with Crippen LogP contribution in [0.5, 0.6) is 0 Å². The third-order valence-corrected chi connectivity index (χ3v) is 8.73. The minimum atomic E-state index is -0.633. The van der Waals surface area contributed by atoms with Crippen molar-refractivity contribution in [3.63, 3.8) is 0 Å². The highest BCUT2D eigenvalue weighted by Gasteiger charge is 2.33. The molecule has 0 spiro atoms. The Morgan fingerprint density at radius 2 is 1.79 bits per heavy atom. The van der Waals surface area contributed by atoms with Crippen LogP contribution in [0.4, 0.5) is 0 Å². The zero-order valence-electron chi connectivity index (χ0n) is 23.5. The van der Waals surface area contributed by atoms with Gasteiger partial charge in [-0.15, -0.1) is 0 Å². The first-order valence-corrected chi connectivity index (χ1v) is 14.5. The molecule has 3 heterocycles. The van der Waals surface area contributed by atoms with Gasteiger partial charge in [0.15, 0.2) is 4.80 Å². The first-order chi connectivity index (χ1) is 20.4. The van der Waals surface area contributed by atoms with Crippen LogP contribution >= 0.6 is 11.3 Å². The zero-order chi connectivity index (χ0) is 29.4. The lowest BCUT2D eigenvalue weighted by Crippen LogP contribution is -2.40. The molecule has 0 unspecified atom stereocenters. The second kappa shape index (κ2) is 11.1. The Kier molecular flexibility index (Phi) is 7.19. The molecule has 1 atom stereocenters. The smallest absolute Gasteiger partial charge is 0.338 e. The third kappa shape index (κ3) is 4.58. The average molecular weight is 573 g/mol. The fourth-order valence-corrected chi connectivity index (χ4v) is 6.66. The summed E-state index contributed by atoms with van der Waals surface area (Å²) in [7, 11) is 1.35. The van der Waals surface area contributed by atoms with Crippen molar-refractivity contribution < 1.29 is 9.53 Å². The van der Waals surface area contributed by atoms with Gasteiger partial charge in [-0.3, -0.25) is 9.36 Å². The van der Waals surface area contributed by atoms with Gasteiger partial charge in [0.05, 0.1) is 40.6 Å². The molecule has 1 aliphatic rings. The van der Waals surface area contributed by atoms with E-state index in [9.17, 15) is 14.9 Å². The van der Waals surface area contributed by atoms with Gasteiger partial charge in [0, 0.05) is 28.7 Å². The second-order valence-electron chi connectivity index (χ2n) is 10.1. The van der Waals surface area contributed by atoms with Gasteiger partial charge in [0.2, 0.25) is 0 Å². The van der Waals surface area contributed by atoms with Crippen molar-refractivity contribution in [1.29, 1.82) is 5.26 Å². The van der Waals surface area contributed by atoms with Crippen molar-refractivity contribution in [2.24, 2.45) is 4.99 Å². The summed E-state index contributed by atoms with van der Waals surface area (Å²) in [4.78, 5) is 32.5. The van der Waals surface area contributed by atoms with E-state index in [4.69, 9.17) is 9.73 Å². The molecule has 1 aliphatic heterocycles. The van der Waals surface area contributed by atoms with E-state index >= 15 is 0 Å². The van der Waals surface area contributed by atoms with Crippen molar-refractivity contribution in [3.8, 4) is 6.07 Å². The third-order valence-electron chi connectivity index (χ3n) is 7.74. The molecule has 0 aliphatic carbocycles. The summed E-state index contributed by atoms with van der Waals surface area (Å²) in [6.07, 6.45) is 2.48. The van der Waals surface area contributed by atoms with E-state index < -0.39 is 12.0 Å². The summed E-state index contributed by atoms with van der Waals surface area (Å²) in [6.45, 7) is 4.64. The van der Waals surface area contributed by atoms with Gasteiger partial charge in [-0.2, -0.15) is 5.26 Å². The minimum absolute atomic E-state index is 0.201. The van der Waals surface area contributed by atoms with Crippen LogP contribution in [0.15, 0.2) is 99.9 Å². The van der Waals surface area contributed by atoms with Crippen LogP contribution in [0.25, 0.3) is 17.0 Å². The molecule has 0 bridgehead atoms.